The lowest BCUT2D eigenvalue weighted by molar-refractivity contribution is -0.140. The molecule has 2 heterocycles. The Kier molecular flexibility index (Phi) is 5.43. The van der Waals surface area contributed by atoms with E-state index in [9.17, 15) is 14.7 Å². The summed E-state index contributed by atoms with van der Waals surface area (Å²) in [6.07, 6.45) is 3.82. The van der Waals surface area contributed by atoms with Gasteiger partial charge in [0.05, 0.1) is 11.6 Å². The number of likely N-dealkylation sites (tertiary alicyclic amines) is 1. The van der Waals surface area contributed by atoms with Crippen LogP contribution in [0.1, 0.15) is 23.6 Å². The number of amides is 1. The van der Waals surface area contributed by atoms with E-state index in [0.29, 0.717) is 30.7 Å². The number of rotatable bonds is 6. The van der Waals surface area contributed by atoms with Crippen LogP contribution in [-0.2, 0) is 14.3 Å². The van der Waals surface area contributed by atoms with Crippen molar-refractivity contribution in [3.05, 3.63) is 71.6 Å². The van der Waals surface area contributed by atoms with Crippen LogP contribution in [0.3, 0.4) is 0 Å². The van der Waals surface area contributed by atoms with E-state index in [1.807, 2.05) is 6.07 Å². The van der Waals surface area contributed by atoms with E-state index in [1.165, 1.54) is 4.90 Å². The summed E-state index contributed by atoms with van der Waals surface area (Å²) in [4.78, 5) is 30.9. The maximum absolute atomic E-state index is 12.7. The van der Waals surface area contributed by atoms with Crippen LogP contribution in [0.4, 0.5) is 0 Å². The van der Waals surface area contributed by atoms with Gasteiger partial charge in [0.1, 0.15) is 5.76 Å². The van der Waals surface area contributed by atoms with Crippen LogP contribution in [-0.4, -0.2) is 46.9 Å². The lowest BCUT2D eigenvalue weighted by Gasteiger charge is -2.24. The normalized spacial score (nSPS) is 19.1. The van der Waals surface area contributed by atoms with E-state index in [4.69, 9.17) is 4.74 Å². The van der Waals surface area contributed by atoms with Gasteiger partial charge in [-0.05, 0) is 18.1 Å². The molecule has 1 N–H and O–H groups in total. The number of hydrogen-bond acceptors (Lipinski definition) is 5. The molecule has 6 nitrogen and oxygen atoms in total. The van der Waals surface area contributed by atoms with Gasteiger partial charge in [-0.1, -0.05) is 36.4 Å². The number of nitrogens with zero attached hydrogens (tertiary/aromatic N) is 2. The Morgan fingerprint density at radius 1 is 1.19 bits per heavy atom. The van der Waals surface area contributed by atoms with Gasteiger partial charge in [0.25, 0.3) is 11.7 Å². The fraction of sp³-hybridized carbons (Fsp3) is 0.250. The highest BCUT2D eigenvalue weighted by atomic mass is 16.5. The first kappa shape index (κ1) is 17.8. The number of aromatic nitrogens is 1. The summed E-state index contributed by atoms with van der Waals surface area (Å²) in [7, 11) is 1.59. The van der Waals surface area contributed by atoms with Crippen molar-refractivity contribution in [2.24, 2.45) is 0 Å². The highest BCUT2D eigenvalue weighted by molar-refractivity contribution is 6.46. The Hall–Kier alpha value is -2.99. The van der Waals surface area contributed by atoms with Crippen LogP contribution in [0.15, 0.2) is 60.4 Å². The summed E-state index contributed by atoms with van der Waals surface area (Å²) in [5.74, 6) is -1.47. The molecule has 1 aromatic heterocycles. The molecule has 0 saturated carbocycles. The molecule has 0 bridgehead atoms. The number of ketones is 1. The van der Waals surface area contributed by atoms with Crippen LogP contribution >= 0.6 is 0 Å². The highest BCUT2D eigenvalue weighted by Gasteiger charge is 2.45. The van der Waals surface area contributed by atoms with E-state index in [2.05, 4.69) is 4.98 Å². The number of aliphatic hydroxyl groups is 1. The van der Waals surface area contributed by atoms with Crippen LogP contribution in [0.5, 0.6) is 0 Å². The number of pyridine rings is 1. The monoisotopic (exact) mass is 352 g/mol. The van der Waals surface area contributed by atoms with Crippen LogP contribution in [0.2, 0.25) is 0 Å². The number of hydrogen-bond donors (Lipinski definition) is 1. The van der Waals surface area contributed by atoms with Gasteiger partial charge in [0.2, 0.25) is 0 Å². The highest BCUT2D eigenvalue weighted by Crippen LogP contribution is 2.39. The maximum atomic E-state index is 12.7. The van der Waals surface area contributed by atoms with Gasteiger partial charge >= 0.3 is 0 Å². The van der Waals surface area contributed by atoms with Crippen molar-refractivity contribution in [1.29, 1.82) is 0 Å². The van der Waals surface area contributed by atoms with Gasteiger partial charge in [0, 0.05) is 38.2 Å². The van der Waals surface area contributed by atoms with Crippen LogP contribution in [0.25, 0.3) is 5.76 Å². The molecule has 1 aliphatic heterocycles. The first-order valence-electron chi connectivity index (χ1n) is 8.38. The van der Waals surface area contributed by atoms with Crippen LogP contribution in [0, 0.1) is 0 Å². The molecule has 1 aromatic carbocycles. The first-order valence-corrected chi connectivity index (χ1v) is 8.38. The molecule has 134 valence electrons. The van der Waals surface area contributed by atoms with Crippen molar-refractivity contribution in [3.8, 4) is 0 Å². The topological polar surface area (TPSA) is 79.7 Å². The predicted octanol–water partition coefficient (Wildman–Crippen LogP) is 2.54. The minimum atomic E-state index is -0.683. The second-order valence-electron chi connectivity index (χ2n) is 5.99. The summed E-state index contributed by atoms with van der Waals surface area (Å²) in [6, 6.07) is 11.6. The number of aliphatic hydroxyl groups excluding tert-OH is 1. The van der Waals surface area contributed by atoms with E-state index >= 15 is 0 Å². The smallest absolute Gasteiger partial charge is 0.295 e. The summed E-state index contributed by atoms with van der Waals surface area (Å²) in [5.41, 5.74) is 1.27. The average molecular weight is 352 g/mol. The maximum Gasteiger partial charge on any atom is 0.295 e. The number of Topliss-reactive ketones (excluding diaryl/α,β-unsaturated/α-hetero) is 1. The van der Waals surface area contributed by atoms with Crippen molar-refractivity contribution >= 4 is 17.4 Å². The second kappa shape index (κ2) is 7.93. The Bertz CT molecular complexity index is 818. The van der Waals surface area contributed by atoms with Crippen molar-refractivity contribution in [2.45, 2.75) is 12.5 Å². The van der Waals surface area contributed by atoms with Crippen molar-refractivity contribution in [2.75, 3.05) is 20.3 Å². The summed E-state index contributed by atoms with van der Waals surface area (Å²) < 4.78 is 5.05. The minimum absolute atomic E-state index is 0.0895. The lowest BCUT2D eigenvalue weighted by Crippen LogP contribution is -2.31. The fourth-order valence-electron chi connectivity index (χ4n) is 3.13. The molecule has 0 spiro atoms. The number of ether oxygens (including phenoxy) is 1. The van der Waals surface area contributed by atoms with Gasteiger partial charge in [-0.3, -0.25) is 14.6 Å². The Labute approximate surface area is 151 Å². The first-order chi connectivity index (χ1) is 12.6. The Balaban J connectivity index is 2.09. The third-order valence-corrected chi connectivity index (χ3v) is 4.33. The average Bonchev–Trinajstić information content (AvgIpc) is 2.94. The Morgan fingerprint density at radius 2 is 1.96 bits per heavy atom. The molecule has 2 aromatic rings. The molecule has 1 saturated heterocycles. The third kappa shape index (κ3) is 3.36. The van der Waals surface area contributed by atoms with Gasteiger partial charge in [0.15, 0.2) is 0 Å². The minimum Gasteiger partial charge on any atom is -0.507 e. The molecule has 6 heteroatoms. The third-order valence-electron chi connectivity index (χ3n) is 4.33. The predicted molar refractivity (Wildman–Crippen MR) is 96.2 cm³/mol. The van der Waals surface area contributed by atoms with E-state index in [0.717, 1.165) is 0 Å². The van der Waals surface area contributed by atoms with E-state index < -0.39 is 17.7 Å². The number of benzene rings is 1. The molecule has 1 amide bonds. The summed E-state index contributed by atoms with van der Waals surface area (Å²) in [5, 5.41) is 10.8. The second-order valence-corrected chi connectivity index (χ2v) is 5.99. The lowest BCUT2D eigenvalue weighted by atomic mass is 9.96. The molecular formula is C20H20N2O4. The van der Waals surface area contributed by atoms with Crippen molar-refractivity contribution < 1.29 is 19.4 Å². The van der Waals surface area contributed by atoms with Gasteiger partial charge in [-0.2, -0.15) is 0 Å². The number of methoxy groups -OCH3 is 1. The number of carbonyl (C=O) groups excluding carboxylic acids is 2. The summed E-state index contributed by atoms with van der Waals surface area (Å²) in [6.45, 7) is 0.824. The fourth-order valence-corrected chi connectivity index (χ4v) is 3.13. The van der Waals surface area contributed by atoms with Crippen molar-refractivity contribution in [3.63, 3.8) is 0 Å². The largest absolute Gasteiger partial charge is 0.507 e. The van der Waals surface area contributed by atoms with Gasteiger partial charge in [-0.15, -0.1) is 0 Å². The summed E-state index contributed by atoms with van der Waals surface area (Å²) >= 11 is 0. The molecule has 1 unspecified atom stereocenters. The molecule has 0 radical (unpaired) electrons. The Morgan fingerprint density at radius 3 is 2.62 bits per heavy atom. The van der Waals surface area contributed by atoms with Gasteiger partial charge < -0.3 is 14.7 Å². The molecule has 3 rings (SSSR count). The molecule has 26 heavy (non-hydrogen) atoms. The molecular weight excluding hydrogens is 332 g/mol. The number of carbonyl (C=O) groups is 2. The molecule has 0 aliphatic carbocycles. The standard InChI is InChI=1S/C20H20N2O4/c1-26-12-6-11-22-17(15-9-5-10-21-13-15)16(19(24)20(22)25)18(23)14-7-3-2-4-8-14/h2-5,7-10,13,17,23H,6,11-12H2,1H3/b18-16-. The van der Waals surface area contributed by atoms with E-state index in [-0.39, 0.29) is 11.3 Å². The quantitative estimate of drug-likeness (QED) is 0.374. The SMILES string of the molecule is COCCCN1C(=O)C(=O)/C(=C(\O)c2ccccc2)C1c1cccnc1. The van der Waals surface area contributed by atoms with Gasteiger partial charge in [-0.25, -0.2) is 0 Å². The van der Waals surface area contributed by atoms with Crippen LogP contribution < -0.4 is 0 Å². The molecule has 1 fully saturated rings. The molecule has 1 atom stereocenters. The van der Waals surface area contributed by atoms with Crippen molar-refractivity contribution in [1.82, 2.24) is 9.88 Å². The zero-order valence-corrected chi connectivity index (χ0v) is 14.5. The molecule has 1 aliphatic rings. The zero-order valence-electron chi connectivity index (χ0n) is 14.5. The zero-order chi connectivity index (χ0) is 18.5. The van der Waals surface area contributed by atoms with E-state index in [1.54, 1.807) is 55.9 Å².